The van der Waals surface area contributed by atoms with Crippen molar-refractivity contribution in [2.45, 2.75) is 37.8 Å². The van der Waals surface area contributed by atoms with Gasteiger partial charge in [0.2, 0.25) is 10.0 Å². The molecular formula is C12H20N2O5S2. The van der Waals surface area contributed by atoms with Crippen LogP contribution in [0.1, 0.15) is 37.3 Å². The van der Waals surface area contributed by atoms with E-state index in [2.05, 4.69) is 4.72 Å². The van der Waals surface area contributed by atoms with E-state index in [0.29, 0.717) is 0 Å². The second-order valence-corrected chi connectivity index (χ2v) is 8.32. The number of carbonyl (C=O) groups is 1. The van der Waals surface area contributed by atoms with Crippen LogP contribution in [-0.4, -0.2) is 46.3 Å². The first-order chi connectivity index (χ1) is 9.54. The van der Waals surface area contributed by atoms with Gasteiger partial charge in [0.05, 0.1) is 0 Å². The second-order valence-electron chi connectivity index (χ2n) is 5.13. The van der Waals surface area contributed by atoms with Crippen LogP contribution in [0.25, 0.3) is 0 Å². The minimum atomic E-state index is -3.84. The summed E-state index contributed by atoms with van der Waals surface area (Å²) in [6, 6.07) is 0.442. The molecule has 0 aliphatic carbocycles. The summed E-state index contributed by atoms with van der Waals surface area (Å²) in [4.78, 5) is 11.0. The first-order valence-electron chi connectivity index (χ1n) is 6.32. The molecule has 1 heterocycles. The van der Waals surface area contributed by atoms with Gasteiger partial charge in [0.1, 0.15) is 10.6 Å². The third-order valence-corrected chi connectivity index (χ3v) is 5.28. The summed E-state index contributed by atoms with van der Waals surface area (Å²) in [6.45, 7) is 5.13. The van der Waals surface area contributed by atoms with E-state index in [1.807, 2.05) is 0 Å². The molecule has 0 saturated heterocycles. The molecule has 0 aliphatic heterocycles. The molecule has 9 heteroatoms. The molecule has 1 rings (SSSR count). The minimum absolute atomic E-state index is 0.0860. The molecule has 2 atom stereocenters. The number of sulfonamides is 1. The Labute approximate surface area is 126 Å². The maximum Gasteiger partial charge on any atom is 0.352 e. The monoisotopic (exact) mass is 336 g/mol. The molecule has 0 amide bonds. The zero-order chi connectivity index (χ0) is 16.4. The zero-order valence-corrected chi connectivity index (χ0v) is 14.0. The summed E-state index contributed by atoms with van der Waals surface area (Å²) in [5.74, 6) is -0.997. The van der Waals surface area contributed by atoms with Crippen LogP contribution in [0.2, 0.25) is 0 Å². The van der Waals surface area contributed by atoms with Crippen LogP contribution in [0.4, 0.5) is 0 Å². The average molecular weight is 336 g/mol. The molecule has 0 bridgehead atoms. The van der Waals surface area contributed by atoms with E-state index in [-0.39, 0.29) is 22.4 Å². The number of hydrogen-bond donors (Lipinski definition) is 2. The summed E-state index contributed by atoms with van der Waals surface area (Å²) in [7, 11) is -4.97. The van der Waals surface area contributed by atoms with Crippen molar-refractivity contribution in [1.29, 1.82) is 0 Å². The molecule has 1 aromatic rings. The Morgan fingerprint density at radius 2 is 2.00 bits per heavy atom. The molecule has 7 nitrogen and oxygen atoms in total. The van der Waals surface area contributed by atoms with Gasteiger partial charge < -0.3 is 9.67 Å². The molecule has 2 N–H and O–H groups in total. The molecule has 0 spiro atoms. The first-order valence-corrected chi connectivity index (χ1v) is 9.53. The quantitative estimate of drug-likeness (QED) is 0.766. The summed E-state index contributed by atoms with van der Waals surface area (Å²) in [5.41, 5.74) is -0.0860. The Balaban J connectivity index is 3.12. The number of nitrogens with zero attached hydrogens (tertiary/aromatic N) is 1. The maximum absolute atomic E-state index is 12.2. The van der Waals surface area contributed by atoms with E-state index >= 15 is 0 Å². The van der Waals surface area contributed by atoms with Gasteiger partial charge in [0.15, 0.2) is 0 Å². The van der Waals surface area contributed by atoms with E-state index in [4.69, 9.17) is 5.11 Å². The topological polar surface area (TPSA) is 105 Å². The van der Waals surface area contributed by atoms with E-state index in [1.54, 1.807) is 20.8 Å². The predicted octanol–water partition coefficient (Wildman–Crippen LogP) is 0.812. The van der Waals surface area contributed by atoms with Crippen molar-refractivity contribution >= 4 is 26.8 Å². The number of hydrogen-bond acceptors (Lipinski definition) is 4. The van der Waals surface area contributed by atoms with Crippen molar-refractivity contribution in [1.82, 2.24) is 9.29 Å². The van der Waals surface area contributed by atoms with Crippen molar-refractivity contribution in [2.75, 3.05) is 12.0 Å². The maximum atomic E-state index is 12.2. The van der Waals surface area contributed by atoms with E-state index in [0.717, 1.165) is 6.07 Å². The van der Waals surface area contributed by atoms with Crippen molar-refractivity contribution in [2.24, 2.45) is 0 Å². The molecule has 0 aliphatic rings. The Hall–Kier alpha value is -1.19. The zero-order valence-electron chi connectivity index (χ0n) is 12.4. The fraction of sp³-hybridized carbons (Fsp3) is 0.583. The number of aromatic nitrogens is 1. The van der Waals surface area contributed by atoms with Crippen molar-refractivity contribution in [3.63, 3.8) is 0 Å². The number of carboxylic acid groups (broad SMARTS) is 1. The Bertz CT molecular complexity index is 649. The molecule has 0 saturated carbocycles. The highest BCUT2D eigenvalue weighted by Crippen LogP contribution is 2.19. The lowest BCUT2D eigenvalue weighted by Crippen LogP contribution is -2.36. The van der Waals surface area contributed by atoms with Gasteiger partial charge in [-0.3, -0.25) is 4.21 Å². The van der Waals surface area contributed by atoms with Crippen molar-refractivity contribution in [3.05, 3.63) is 18.0 Å². The highest BCUT2D eigenvalue weighted by atomic mass is 32.2. The van der Waals surface area contributed by atoms with Gasteiger partial charge >= 0.3 is 5.97 Å². The van der Waals surface area contributed by atoms with Crippen LogP contribution in [0.3, 0.4) is 0 Å². The molecule has 0 fully saturated rings. The van der Waals surface area contributed by atoms with Crippen LogP contribution >= 0.6 is 0 Å². The molecule has 0 radical (unpaired) electrons. The fourth-order valence-electron chi connectivity index (χ4n) is 1.92. The summed E-state index contributed by atoms with van der Waals surface area (Å²) in [6.07, 6.45) is 2.79. The largest absolute Gasteiger partial charge is 0.477 e. The SMILES string of the molecule is CC(CS(C)=O)NS(=O)(=O)c1cc(C(=O)O)n(C(C)C)c1. The highest BCUT2D eigenvalue weighted by molar-refractivity contribution is 7.89. The molecule has 120 valence electrons. The van der Waals surface area contributed by atoms with Gasteiger partial charge in [-0.25, -0.2) is 17.9 Å². The van der Waals surface area contributed by atoms with Crippen LogP contribution in [0, 0.1) is 0 Å². The van der Waals surface area contributed by atoms with Gasteiger partial charge in [0.25, 0.3) is 0 Å². The standard InChI is InChI=1S/C12H20N2O5S2/c1-8(2)14-6-10(5-11(14)12(15)16)21(18,19)13-9(3)7-20(4)17/h5-6,8-9,13H,7H2,1-4H3,(H,15,16). The molecular weight excluding hydrogens is 316 g/mol. The lowest BCUT2D eigenvalue weighted by molar-refractivity contribution is 0.0683. The molecule has 2 unspecified atom stereocenters. The van der Waals surface area contributed by atoms with Gasteiger partial charge in [0, 0.05) is 41.1 Å². The third kappa shape index (κ3) is 4.65. The van der Waals surface area contributed by atoms with Crippen LogP contribution in [-0.2, 0) is 20.8 Å². The Morgan fingerprint density at radius 1 is 1.43 bits per heavy atom. The van der Waals surface area contributed by atoms with E-state index in [1.165, 1.54) is 17.0 Å². The first kappa shape index (κ1) is 17.9. The van der Waals surface area contributed by atoms with Gasteiger partial charge in [-0.2, -0.15) is 0 Å². The van der Waals surface area contributed by atoms with Gasteiger partial charge in [-0.15, -0.1) is 0 Å². The number of carboxylic acids is 1. The lowest BCUT2D eigenvalue weighted by Gasteiger charge is -2.12. The summed E-state index contributed by atoms with van der Waals surface area (Å²) < 4.78 is 39.3. The number of aromatic carboxylic acids is 1. The molecule has 0 aromatic carbocycles. The number of nitrogens with one attached hydrogen (secondary N) is 1. The Morgan fingerprint density at radius 3 is 2.38 bits per heavy atom. The van der Waals surface area contributed by atoms with Crippen molar-refractivity contribution < 1.29 is 22.5 Å². The van der Waals surface area contributed by atoms with Gasteiger partial charge in [-0.05, 0) is 26.8 Å². The minimum Gasteiger partial charge on any atom is -0.477 e. The molecule has 21 heavy (non-hydrogen) atoms. The second kappa shape index (κ2) is 6.71. The summed E-state index contributed by atoms with van der Waals surface area (Å²) >= 11 is 0. The van der Waals surface area contributed by atoms with Crippen LogP contribution < -0.4 is 4.72 Å². The van der Waals surface area contributed by atoms with Crippen LogP contribution in [0.5, 0.6) is 0 Å². The summed E-state index contributed by atoms with van der Waals surface area (Å²) in [5, 5.41) is 9.12. The highest BCUT2D eigenvalue weighted by Gasteiger charge is 2.24. The van der Waals surface area contributed by atoms with Crippen molar-refractivity contribution in [3.8, 4) is 0 Å². The normalized spacial score (nSPS) is 15.1. The molecule has 1 aromatic heterocycles. The van der Waals surface area contributed by atoms with Crippen LogP contribution in [0.15, 0.2) is 17.2 Å². The predicted molar refractivity (Wildman–Crippen MR) is 80.5 cm³/mol. The Kier molecular flexibility index (Phi) is 5.71. The van der Waals surface area contributed by atoms with E-state index in [9.17, 15) is 17.4 Å². The average Bonchev–Trinajstić information content (AvgIpc) is 2.71. The fourth-order valence-corrected chi connectivity index (χ4v) is 4.08. The third-order valence-electron chi connectivity index (χ3n) is 2.75. The smallest absolute Gasteiger partial charge is 0.352 e. The van der Waals surface area contributed by atoms with Gasteiger partial charge in [-0.1, -0.05) is 0 Å². The van der Waals surface area contributed by atoms with E-state index < -0.39 is 32.8 Å². The number of rotatable bonds is 7. The lowest BCUT2D eigenvalue weighted by atomic mass is 10.3.